The molecule has 3 fully saturated rings. The van der Waals surface area contributed by atoms with Crippen LogP contribution in [0.2, 0.25) is 0 Å². The summed E-state index contributed by atoms with van der Waals surface area (Å²) >= 11 is 0. The first kappa shape index (κ1) is 10.1. The minimum Gasteiger partial charge on any atom is -0.314 e. The van der Waals surface area contributed by atoms with E-state index in [1.54, 1.807) is 25.7 Å². The molecule has 1 heteroatoms. The van der Waals surface area contributed by atoms with Gasteiger partial charge in [0, 0.05) is 6.04 Å². The first-order chi connectivity index (χ1) is 7.36. The van der Waals surface area contributed by atoms with Crippen molar-refractivity contribution in [2.24, 2.45) is 11.3 Å². The Hall–Kier alpha value is -0.0400. The molecule has 3 aliphatic carbocycles. The van der Waals surface area contributed by atoms with Crippen molar-refractivity contribution in [1.29, 1.82) is 0 Å². The monoisotopic (exact) mass is 207 g/mol. The van der Waals surface area contributed by atoms with Gasteiger partial charge in [0.05, 0.1) is 0 Å². The largest absolute Gasteiger partial charge is 0.314 e. The van der Waals surface area contributed by atoms with Gasteiger partial charge in [0.2, 0.25) is 0 Å². The lowest BCUT2D eigenvalue weighted by molar-refractivity contribution is 0.0376. The summed E-state index contributed by atoms with van der Waals surface area (Å²) in [6.07, 6.45) is 15.1. The predicted molar refractivity (Wildman–Crippen MR) is 63.9 cm³/mol. The molecule has 0 saturated heterocycles. The molecule has 0 radical (unpaired) electrons. The molecule has 0 aliphatic heterocycles. The molecule has 1 spiro atoms. The highest BCUT2D eigenvalue weighted by molar-refractivity contribution is 4.96. The normalized spacial score (nSPS) is 31.2. The zero-order chi connectivity index (χ0) is 10.1. The van der Waals surface area contributed by atoms with Crippen molar-refractivity contribution in [2.45, 2.75) is 70.3 Å². The van der Waals surface area contributed by atoms with E-state index in [0.717, 1.165) is 17.4 Å². The van der Waals surface area contributed by atoms with Crippen LogP contribution in [-0.4, -0.2) is 12.6 Å². The van der Waals surface area contributed by atoms with E-state index in [1.165, 1.54) is 45.1 Å². The van der Waals surface area contributed by atoms with Crippen molar-refractivity contribution in [2.75, 3.05) is 6.54 Å². The van der Waals surface area contributed by atoms with Crippen LogP contribution in [0.5, 0.6) is 0 Å². The Kier molecular flexibility index (Phi) is 2.76. The van der Waals surface area contributed by atoms with Crippen LogP contribution in [0.15, 0.2) is 0 Å². The lowest BCUT2D eigenvalue weighted by Gasteiger charge is -2.48. The van der Waals surface area contributed by atoms with Crippen LogP contribution in [0.25, 0.3) is 0 Å². The molecule has 1 N–H and O–H groups in total. The Morgan fingerprint density at radius 2 is 1.60 bits per heavy atom. The first-order valence-electron chi connectivity index (χ1n) is 7.10. The summed E-state index contributed by atoms with van der Waals surface area (Å²) in [5.41, 5.74) is 0.826. The molecule has 0 aromatic rings. The van der Waals surface area contributed by atoms with Crippen molar-refractivity contribution < 1.29 is 0 Å². The van der Waals surface area contributed by atoms with Gasteiger partial charge in [0.1, 0.15) is 0 Å². The Labute approximate surface area is 94.0 Å². The molecule has 1 nitrogen and oxygen atoms in total. The van der Waals surface area contributed by atoms with E-state index in [9.17, 15) is 0 Å². The van der Waals surface area contributed by atoms with Gasteiger partial charge in [-0.25, -0.2) is 0 Å². The molecule has 3 aliphatic rings. The van der Waals surface area contributed by atoms with Crippen LogP contribution in [0.3, 0.4) is 0 Å². The summed E-state index contributed by atoms with van der Waals surface area (Å²) < 4.78 is 0. The summed E-state index contributed by atoms with van der Waals surface area (Å²) in [6, 6.07) is 0.913. The van der Waals surface area contributed by atoms with Gasteiger partial charge in [-0.2, -0.15) is 0 Å². The molecule has 0 amide bonds. The number of hydrogen-bond acceptors (Lipinski definition) is 1. The van der Waals surface area contributed by atoms with Crippen LogP contribution in [0.4, 0.5) is 0 Å². The van der Waals surface area contributed by atoms with Crippen molar-refractivity contribution in [1.82, 2.24) is 5.32 Å². The van der Waals surface area contributed by atoms with Gasteiger partial charge in [-0.05, 0) is 56.4 Å². The van der Waals surface area contributed by atoms with Gasteiger partial charge < -0.3 is 5.32 Å². The van der Waals surface area contributed by atoms with Gasteiger partial charge in [-0.1, -0.05) is 25.7 Å². The van der Waals surface area contributed by atoms with Crippen molar-refractivity contribution in [3.05, 3.63) is 0 Å². The topological polar surface area (TPSA) is 12.0 Å². The number of nitrogens with one attached hydrogen (secondary N) is 1. The number of rotatable bonds is 3. The standard InChI is InChI=1S/C14H25N/c1-2-4-8-14(7-3-1)9-12(10-14)11-15-13-5-6-13/h12-13,15H,1-11H2. The van der Waals surface area contributed by atoms with Crippen LogP contribution in [-0.2, 0) is 0 Å². The molecule has 3 saturated carbocycles. The quantitative estimate of drug-likeness (QED) is 0.747. The summed E-state index contributed by atoms with van der Waals surface area (Å²) in [5, 5.41) is 3.70. The van der Waals surface area contributed by atoms with Gasteiger partial charge in [0.15, 0.2) is 0 Å². The van der Waals surface area contributed by atoms with Crippen molar-refractivity contribution in [3.63, 3.8) is 0 Å². The smallest absolute Gasteiger partial charge is 0.00683 e. The van der Waals surface area contributed by atoms with E-state index in [0.29, 0.717) is 0 Å². The Bertz CT molecular complexity index is 203. The highest BCUT2D eigenvalue weighted by atomic mass is 14.9. The summed E-state index contributed by atoms with van der Waals surface area (Å²) in [4.78, 5) is 0. The third kappa shape index (κ3) is 2.38. The maximum Gasteiger partial charge on any atom is 0.00683 e. The Morgan fingerprint density at radius 1 is 0.933 bits per heavy atom. The lowest BCUT2D eigenvalue weighted by Crippen LogP contribution is -2.42. The second-order valence-electron chi connectivity index (χ2n) is 6.37. The van der Waals surface area contributed by atoms with Crippen LogP contribution in [0, 0.1) is 11.3 Å². The molecule has 3 rings (SSSR count). The molecule has 0 atom stereocenters. The zero-order valence-corrected chi connectivity index (χ0v) is 9.93. The van der Waals surface area contributed by atoms with Crippen LogP contribution < -0.4 is 5.32 Å². The summed E-state index contributed by atoms with van der Waals surface area (Å²) in [7, 11) is 0. The maximum atomic E-state index is 3.70. The van der Waals surface area contributed by atoms with E-state index in [2.05, 4.69) is 5.32 Å². The van der Waals surface area contributed by atoms with Gasteiger partial charge in [-0.15, -0.1) is 0 Å². The van der Waals surface area contributed by atoms with Gasteiger partial charge in [0.25, 0.3) is 0 Å². The second-order valence-corrected chi connectivity index (χ2v) is 6.37. The van der Waals surface area contributed by atoms with Crippen LogP contribution >= 0.6 is 0 Å². The highest BCUT2D eigenvalue weighted by Gasteiger charge is 2.43. The molecule has 0 aromatic carbocycles. The highest BCUT2D eigenvalue weighted by Crippen LogP contribution is 2.53. The predicted octanol–water partition coefficient (Wildman–Crippen LogP) is 3.49. The van der Waals surface area contributed by atoms with Crippen molar-refractivity contribution >= 4 is 0 Å². The van der Waals surface area contributed by atoms with Gasteiger partial charge >= 0.3 is 0 Å². The van der Waals surface area contributed by atoms with E-state index < -0.39 is 0 Å². The van der Waals surface area contributed by atoms with E-state index in [1.807, 2.05) is 0 Å². The lowest BCUT2D eigenvalue weighted by atomic mass is 9.58. The fourth-order valence-corrected chi connectivity index (χ4v) is 3.82. The zero-order valence-electron chi connectivity index (χ0n) is 9.93. The second kappa shape index (κ2) is 4.08. The Balaban J connectivity index is 1.41. The summed E-state index contributed by atoms with van der Waals surface area (Å²) in [6.45, 7) is 1.33. The average molecular weight is 207 g/mol. The minimum absolute atomic E-state index is 0.826. The van der Waals surface area contributed by atoms with E-state index in [4.69, 9.17) is 0 Å². The van der Waals surface area contributed by atoms with E-state index in [-0.39, 0.29) is 0 Å². The maximum absolute atomic E-state index is 3.70. The van der Waals surface area contributed by atoms with Gasteiger partial charge in [-0.3, -0.25) is 0 Å². The third-order valence-electron chi connectivity index (χ3n) is 4.88. The fraction of sp³-hybridized carbons (Fsp3) is 1.00. The fourth-order valence-electron chi connectivity index (χ4n) is 3.82. The minimum atomic E-state index is 0.826. The molecule has 0 heterocycles. The number of hydrogen-bond donors (Lipinski definition) is 1. The molecular formula is C14H25N. The van der Waals surface area contributed by atoms with Crippen LogP contribution in [0.1, 0.15) is 64.2 Å². The SMILES string of the molecule is C1CCCC2(CC1)CC(CNC1CC1)C2. The first-order valence-corrected chi connectivity index (χ1v) is 7.10. The third-order valence-corrected chi connectivity index (χ3v) is 4.88. The Morgan fingerprint density at radius 3 is 2.20 bits per heavy atom. The molecule has 0 aromatic heterocycles. The molecule has 86 valence electrons. The molecule has 0 unspecified atom stereocenters. The average Bonchev–Trinajstić information content (AvgIpc) is 3.00. The molecule has 15 heavy (non-hydrogen) atoms. The van der Waals surface area contributed by atoms with E-state index >= 15 is 0 Å². The summed E-state index contributed by atoms with van der Waals surface area (Å²) in [5.74, 6) is 1.03. The van der Waals surface area contributed by atoms with Crippen molar-refractivity contribution in [3.8, 4) is 0 Å². The molecule has 0 bridgehead atoms. The molecular weight excluding hydrogens is 182 g/mol.